The predicted octanol–water partition coefficient (Wildman–Crippen LogP) is 3.62. The third-order valence-electron chi connectivity index (χ3n) is 5.39. The molecular weight excluding hydrogens is 405 g/mol. The molecule has 2 N–H and O–H groups in total. The SMILES string of the molecule is CC1CCCCN1CCCNC(=O)c1ccccc1NS(=O)(=O)c1ccc(F)cc1. The van der Waals surface area contributed by atoms with Gasteiger partial charge < -0.3 is 10.2 Å². The van der Waals surface area contributed by atoms with E-state index in [0.29, 0.717) is 12.6 Å². The van der Waals surface area contributed by atoms with Crippen LogP contribution in [0.15, 0.2) is 53.4 Å². The van der Waals surface area contributed by atoms with E-state index in [0.717, 1.165) is 31.6 Å². The Hall–Kier alpha value is -2.45. The fraction of sp³-hybridized carbons (Fsp3) is 0.409. The summed E-state index contributed by atoms with van der Waals surface area (Å²) >= 11 is 0. The van der Waals surface area contributed by atoms with Crippen molar-refractivity contribution in [2.24, 2.45) is 0 Å². The molecule has 0 radical (unpaired) electrons. The highest BCUT2D eigenvalue weighted by atomic mass is 32.2. The molecule has 1 aliphatic heterocycles. The average Bonchev–Trinajstić information content (AvgIpc) is 2.72. The number of carbonyl (C=O) groups excluding carboxylic acids is 1. The minimum absolute atomic E-state index is 0.0743. The fourth-order valence-electron chi connectivity index (χ4n) is 3.66. The number of hydrogen-bond acceptors (Lipinski definition) is 4. The van der Waals surface area contributed by atoms with Crippen molar-refractivity contribution >= 4 is 21.6 Å². The molecule has 3 rings (SSSR count). The fourth-order valence-corrected chi connectivity index (χ4v) is 4.74. The lowest BCUT2D eigenvalue weighted by atomic mass is 10.0. The van der Waals surface area contributed by atoms with E-state index >= 15 is 0 Å². The van der Waals surface area contributed by atoms with E-state index in [1.54, 1.807) is 18.2 Å². The summed E-state index contributed by atoms with van der Waals surface area (Å²) in [6.07, 6.45) is 4.55. The van der Waals surface area contributed by atoms with Crippen molar-refractivity contribution in [1.29, 1.82) is 0 Å². The molecule has 0 saturated carbocycles. The van der Waals surface area contributed by atoms with Crippen LogP contribution < -0.4 is 10.0 Å². The third kappa shape index (κ3) is 5.79. The minimum Gasteiger partial charge on any atom is -0.352 e. The number of nitrogens with zero attached hydrogens (tertiary/aromatic N) is 1. The van der Waals surface area contributed by atoms with Crippen molar-refractivity contribution in [2.45, 2.75) is 43.5 Å². The van der Waals surface area contributed by atoms with Crippen LogP contribution in [0.3, 0.4) is 0 Å². The Kier molecular flexibility index (Phi) is 7.44. The molecule has 30 heavy (non-hydrogen) atoms. The molecule has 162 valence electrons. The van der Waals surface area contributed by atoms with Crippen molar-refractivity contribution in [1.82, 2.24) is 10.2 Å². The van der Waals surface area contributed by atoms with Crippen molar-refractivity contribution in [3.05, 3.63) is 59.9 Å². The molecule has 8 heteroatoms. The Morgan fingerprint density at radius 2 is 1.87 bits per heavy atom. The molecule has 1 saturated heterocycles. The highest BCUT2D eigenvalue weighted by Crippen LogP contribution is 2.21. The van der Waals surface area contributed by atoms with Gasteiger partial charge in [-0.25, -0.2) is 12.8 Å². The molecule has 1 heterocycles. The van der Waals surface area contributed by atoms with Crippen LogP contribution in [0, 0.1) is 5.82 Å². The van der Waals surface area contributed by atoms with Gasteiger partial charge in [0.2, 0.25) is 0 Å². The second kappa shape index (κ2) is 10.0. The molecule has 1 fully saturated rings. The molecule has 1 amide bonds. The van der Waals surface area contributed by atoms with Crippen LogP contribution in [-0.2, 0) is 10.0 Å². The van der Waals surface area contributed by atoms with E-state index in [1.165, 1.54) is 37.5 Å². The summed E-state index contributed by atoms with van der Waals surface area (Å²) in [5.41, 5.74) is 0.429. The zero-order chi connectivity index (χ0) is 21.6. The first kappa shape index (κ1) is 22.2. The van der Waals surface area contributed by atoms with Gasteiger partial charge in [0.05, 0.1) is 16.1 Å². The van der Waals surface area contributed by atoms with E-state index < -0.39 is 15.8 Å². The molecule has 6 nitrogen and oxygen atoms in total. The molecule has 0 bridgehead atoms. The summed E-state index contributed by atoms with van der Waals surface area (Å²) in [6, 6.07) is 11.5. The van der Waals surface area contributed by atoms with Crippen LogP contribution in [0.4, 0.5) is 10.1 Å². The minimum atomic E-state index is -3.94. The van der Waals surface area contributed by atoms with E-state index in [9.17, 15) is 17.6 Å². The van der Waals surface area contributed by atoms with Crippen LogP contribution in [-0.4, -0.2) is 44.9 Å². The second-order valence-corrected chi connectivity index (χ2v) is 9.28. The maximum atomic E-state index is 13.1. The van der Waals surface area contributed by atoms with Crippen LogP contribution in [0.5, 0.6) is 0 Å². The molecule has 0 spiro atoms. The van der Waals surface area contributed by atoms with Gasteiger partial charge >= 0.3 is 0 Å². The number of carbonyl (C=O) groups is 1. The van der Waals surface area contributed by atoms with Crippen LogP contribution in [0.2, 0.25) is 0 Å². The Morgan fingerprint density at radius 3 is 2.60 bits per heavy atom. The van der Waals surface area contributed by atoms with Crippen molar-refractivity contribution in [3.8, 4) is 0 Å². The van der Waals surface area contributed by atoms with E-state index in [-0.39, 0.29) is 22.1 Å². The molecule has 2 aromatic carbocycles. The maximum Gasteiger partial charge on any atom is 0.261 e. The number of halogens is 1. The molecule has 0 aromatic heterocycles. The first-order valence-electron chi connectivity index (χ1n) is 10.3. The molecule has 0 aliphatic carbocycles. The van der Waals surface area contributed by atoms with Crippen LogP contribution in [0.1, 0.15) is 43.0 Å². The van der Waals surface area contributed by atoms with Gasteiger partial charge in [0.25, 0.3) is 15.9 Å². The monoisotopic (exact) mass is 433 g/mol. The quantitative estimate of drug-likeness (QED) is 0.624. The molecular formula is C22H28FN3O3S. The standard InChI is InChI=1S/C22H28FN3O3S/c1-17-7-4-5-15-26(17)16-6-14-24-22(27)20-8-2-3-9-21(20)25-30(28,29)19-12-10-18(23)11-13-19/h2-3,8-13,17,25H,4-7,14-16H2,1H3,(H,24,27). The van der Waals surface area contributed by atoms with Gasteiger partial charge in [-0.05, 0) is 69.1 Å². The Bertz CT molecular complexity index is 964. The lowest BCUT2D eigenvalue weighted by Gasteiger charge is -2.33. The van der Waals surface area contributed by atoms with Gasteiger partial charge in [-0.3, -0.25) is 9.52 Å². The van der Waals surface area contributed by atoms with E-state index in [1.807, 2.05) is 0 Å². The van der Waals surface area contributed by atoms with Crippen molar-refractivity contribution in [2.75, 3.05) is 24.4 Å². The van der Waals surface area contributed by atoms with Gasteiger partial charge in [-0.15, -0.1) is 0 Å². The summed E-state index contributed by atoms with van der Waals surface area (Å²) in [5, 5.41) is 2.88. The Morgan fingerprint density at radius 1 is 1.13 bits per heavy atom. The molecule has 1 aliphatic rings. The Balaban J connectivity index is 1.60. The molecule has 1 atom stereocenters. The number of amides is 1. The van der Waals surface area contributed by atoms with Gasteiger partial charge in [-0.1, -0.05) is 18.6 Å². The number of likely N-dealkylation sites (tertiary alicyclic amines) is 1. The lowest BCUT2D eigenvalue weighted by Crippen LogP contribution is -2.39. The number of anilines is 1. The largest absolute Gasteiger partial charge is 0.352 e. The zero-order valence-electron chi connectivity index (χ0n) is 17.1. The number of sulfonamides is 1. The van der Waals surface area contributed by atoms with E-state index in [2.05, 4.69) is 21.9 Å². The van der Waals surface area contributed by atoms with Gasteiger partial charge in [0.15, 0.2) is 0 Å². The van der Waals surface area contributed by atoms with Crippen molar-refractivity contribution < 1.29 is 17.6 Å². The third-order valence-corrected chi connectivity index (χ3v) is 6.77. The highest BCUT2D eigenvalue weighted by molar-refractivity contribution is 7.92. The number of piperidine rings is 1. The van der Waals surface area contributed by atoms with Crippen molar-refractivity contribution in [3.63, 3.8) is 0 Å². The average molecular weight is 434 g/mol. The van der Waals surface area contributed by atoms with E-state index in [4.69, 9.17) is 0 Å². The first-order chi connectivity index (χ1) is 14.4. The second-order valence-electron chi connectivity index (χ2n) is 7.60. The Labute approximate surface area is 177 Å². The summed E-state index contributed by atoms with van der Waals surface area (Å²) in [4.78, 5) is 15.0. The van der Waals surface area contributed by atoms with Gasteiger partial charge in [-0.2, -0.15) is 0 Å². The van der Waals surface area contributed by atoms with Gasteiger partial charge in [0, 0.05) is 19.1 Å². The maximum absolute atomic E-state index is 13.1. The summed E-state index contributed by atoms with van der Waals surface area (Å²) in [7, 11) is -3.94. The summed E-state index contributed by atoms with van der Waals surface area (Å²) in [6.45, 7) is 4.78. The number of rotatable bonds is 8. The van der Waals surface area contributed by atoms with Gasteiger partial charge in [0.1, 0.15) is 5.82 Å². The normalized spacial score (nSPS) is 17.5. The summed E-state index contributed by atoms with van der Waals surface area (Å²) in [5.74, 6) is -0.855. The predicted molar refractivity (Wildman–Crippen MR) is 115 cm³/mol. The number of benzene rings is 2. The number of para-hydroxylation sites is 1. The first-order valence-corrected chi connectivity index (χ1v) is 11.7. The topological polar surface area (TPSA) is 78.5 Å². The number of nitrogens with one attached hydrogen (secondary N) is 2. The molecule has 1 unspecified atom stereocenters. The van der Waals surface area contributed by atoms with Crippen LogP contribution >= 0.6 is 0 Å². The smallest absolute Gasteiger partial charge is 0.261 e. The van der Waals surface area contributed by atoms with Crippen LogP contribution in [0.25, 0.3) is 0 Å². The highest BCUT2D eigenvalue weighted by Gasteiger charge is 2.19. The summed E-state index contributed by atoms with van der Waals surface area (Å²) < 4.78 is 40.7. The number of hydrogen-bond donors (Lipinski definition) is 2. The molecule has 2 aromatic rings. The lowest BCUT2D eigenvalue weighted by molar-refractivity contribution is 0.0949. The zero-order valence-corrected chi connectivity index (χ0v) is 17.9.